The van der Waals surface area contributed by atoms with Crippen LogP contribution in [0.15, 0.2) is 22.7 Å². The molecule has 0 atom stereocenters. The second kappa shape index (κ2) is 5.87. The van der Waals surface area contributed by atoms with Crippen molar-refractivity contribution in [2.75, 3.05) is 20.7 Å². The molecule has 94 valence electrons. The Bertz CT molecular complexity index is 376. The third-order valence-corrected chi connectivity index (χ3v) is 4.26. The zero-order valence-corrected chi connectivity index (χ0v) is 12.2. The molecule has 0 bridgehead atoms. The van der Waals surface area contributed by atoms with E-state index in [1.165, 1.54) is 35.8 Å². The van der Waals surface area contributed by atoms with Gasteiger partial charge in [-0.3, -0.25) is 0 Å². The van der Waals surface area contributed by atoms with Gasteiger partial charge in [0.05, 0.1) is 7.11 Å². The van der Waals surface area contributed by atoms with Gasteiger partial charge in [-0.15, -0.1) is 0 Å². The van der Waals surface area contributed by atoms with Crippen molar-refractivity contribution in [1.29, 1.82) is 0 Å². The summed E-state index contributed by atoms with van der Waals surface area (Å²) in [7, 11) is 3.91. The normalized spacial score (nSPS) is 16.0. The lowest BCUT2D eigenvalue weighted by Crippen LogP contribution is -2.29. The van der Waals surface area contributed by atoms with Crippen molar-refractivity contribution in [2.24, 2.45) is 5.92 Å². The summed E-state index contributed by atoms with van der Waals surface area (Å²) in [5.41, 5.74) is 1.30. The quantitative estimate of drug-likeness (QED) is 0.822. The molecule has 0 N–H and O–H groups in total. The minimum absolute atomic E-state index is 0.921. The first-order valence-electron chi connectivity index (χ1n) is 6.20. The topological polar surface area (TPSA) is 12.5 Å². The van der Waals surface area contributed by atoms with Crippen molar-refractivity contribution in [2.45, 2.75) is 25.8 Å². The van der Waals surface area contributed by atoms with Crippen molar-refractivity contribution in [3.63, 3.8) is 0 Å². The highest BCUT2D eigenvalue weighted by Crippen LogP contribution is 2.28. The number of hydrogen-bond donors (Lipinski definition) is 0. The number of benzene rings is 1. The van der Waals surface area contributed by atoms with E-state index in [1.54, 1.807) is 7.11 Å². The fourth-order valence-electron chi connectivity index (χ4n) is 2.27. The molecule has 0 aliphatic heterocycles. The maximum absolute atomic E-state index is 5.27. The third kappa shape index (κ3) is 3.46. The molecular weight excluding hydrogens is 278 g/mol. The predicted molar refractivity (Wildman–Crippen MR) is 74.4 cm³/mol. The largest absolute Gasteiger partial charge is 0.497 e. The second-order valence-electron chi connectivity index (χ2n) is 4.95. The molecule has 0 spiro atoms. The highest BCUT2D eigenvalue weighted by atomic mass is 79.9. The third-order valence-electron chi connectivity index (χ3n) is 3.49. The zero-order valence-electron chi connectivity index (χ0n) is 10.6. The van der Waals surface area contributed by atoms with Crippen LogP contribution in [-0.4, -0.2) is 25.6 Å². The lowest BCUT2D eigenvalue weighted by molar-refractivity contribution is 0.200. The van der Waals surface area contributed by atoms with E-state index in [4.69, 9.17) is 4.74 Å². The molecule has 1 fully saturated rings. The molecule has 3 heteroatoms. The van der Waals surface area contributed by atoms with Gasteiger partial charge >= 0.3 is 0 Å². The zero-order chi connectivity index (χ0) is 12.3. The van der Waals surface area contributed by atoms with E-state index in [1.807, 2.05) is 6.07 Å². The molecule has 0 aromatic heterocycles. The molecular formula is C14H20BrNO. The number of rotatable bonds is 5. The number of ether oxygens (including phenoxy) is 1. The first-order chi connectivity index (χ1) is 8.19. The van der Waals surface area contributed by atoms with Gasteiger partial charge in [-0.25, -0.2) is 0 Å². The maximum atomic E-state index is 5.27. The van der Waals surface area contributed by atoms with Crippen molar-refractivity contribution in [3.05, 3.63) is 28.2 Å². The first kappa shape index (κ1) is 12.9. The van der Waals surface area contributed by atoms with Gasteiger partial charge in [0.1, 0.15) is 5.75 Å². The van der Waals surface area contributed by atoms with Crippen molar-refractivity contribution in [3.8, 4) is 5.75 Å². The molecule has 0 amide bonds. The summed E-state index contributed by atoms with van der Waals surface area (Å²) in [6.07, 6.45) is 4.23. The molecule has 0 heterocycles. The Kier molecular flexibility index (Phi) is 4.46. The average Bonchev–Trinajstić information content (AvgIpc) is 2.27. The molecule has 0 unspecified atom stereocenters. The summed E-state index contributed by atoms with van der Waals surface area (Å²) in [4.78, 5) is 2.41. The molecule has 1 aromatic rings. The van der Waals surface area contributed by atoms with Gasteiger partial charge in [0.25, 0.3) is 0 Å². The summed E-state index contributed by atoms with van der Waals surface area (Å²) in [5, 5.41) is 0. The maximum Gasteiger partial charge on any atom is 0.119 e. The highest BCUT2D eigenvalue weighted by Gasteiger charge is 2.19. The molecule has 1 aliphatic rings. The van der Waals surface area contributed by atoms with Crippen molar-refractivity contribution < 1.29 is 4.74 Å². The first-order valence-corrected chi connectivity index (χ1v) is 6.99. The molecule has 2 nitrogen and oxygen atoms in total. The molecule has 2 rings (SSSR count). The summed E-state index contributed by atoms with van der Waals surface area (Å²) in [5.74, 6) is 1.85. The second-order valence-corrected chi connectivity index (χ2v) is 5.81. The SMILES string of the molecule is COc1ccc(Br)c(CN(C)CC2CCC2)c1. The van der Waals surface area contributed by atoms with Crippen LogP contribution in [0.3, 0.4) is 0 Å². The standard InChI is InChI=1S/C14H20BrNO/c1-16(9-11-4-3-5-11)10-12-8-13(17-2)6-7-14(12)15/h6-8,11H,3-5,9-10H2,1-2H3. The van der Waals surface area contributed by atoms with E-state index < -0.39 is 0 Å². The lowest BCUT2D eigenvalue weighted by Gasteiger charge is -2.30. The average molecular weight is 298 g/mol. The lowest BCUT2D eigenvalue weighted by atomic mass is 9.85. The Morgan fingerprint density at radius 3 is 2.76 bits per heavy atom. The molecule has 1 saturated carbocycles. The van der Waals surface area contributed by atoms with Crippen LogP contribution in [0.4, 0.5) is 0 Å². The molecule has 0 saturated heterocycles. The van der Waals surface area contributed by atoms with Crippen LogP contribution in [0, 0.1) is 5.92 Å². The monoisotopic (exact) mass is 297 g/mol. The van der Waals surface area contributed by atoms with Crippen LogP contribution < -0.4 is 4.74 Å². The van der Waals surface area contributed by atoms with E-state index in [9.17, 15) is 0 Å². The Hall–Kier alpha value is -0.540. The van der Waals surface area contributed by atoms with Gasteiger partial charge in [-0.1, -0.05) is 22.4 Å². The fourth-order valence-corrected chi connectivity index (χ4v) is 2.64. The van der Waals surface area contributed by atoms with Crippen LogP contribution in [0.5, 0.6) is 5.75 Å². The minimum atomic E-state index is 0.921. The highest BCUT2D eigenvalue weighted by molar-refractivity contribution is 9.10. The van der Waals surface area contributed by atoms with Crippen molar-refractivity contribution in [1.82, 2.24) is 4.90 Å². The van der Waals surface area contributed by atoms with E-state index in [2.05, 4.69) is 40.0 Å². The molecule has 17 heavy (non-hydrogen) atoms. The van der Waals surface area contributed by atoms with Gasteiger partial charge in [-0.05, 0) is 49.6 Å². The minimum Gasteiger partial charge on any atom is -0.497 e. The summed E-state index contributed by atoms with van der Waals surface area (Å²) < 4.78 is 6.43. The van der Waals surface area contributed by atoms with Gasteiger partial charge in [-0.2, -0.15) is 0 Å². The Labute approximate surface area is 112 Å². The Morgan fingerprint density at radius 1 is 1.41 bits per heavy atom. The van der Waals surface area contributed by atoms with Crippen LogP contribution in [0.25, 0.3) is 0 Å². The smallest absolute Gasteiger partial charge is 0.119 e. The number of hydrogen-bond acceptors (Lipinski definition) is 2. The van der Waals surface area contributed by atoms with Crippen LogP contribution in [0.2, 0.25) is 0 Å². The Morgan fingerprint density at radius 2 is 2.18 bits per heavy atom. The van der Waals surface area contributed by atoms with E-state index >= 15 is 0 Å². The number of nitrogens with zero attached hydrogens (tertiary/aromatic N) is 1. The van der Waals surface area contributed by atoms with Crippen LogP contribution in [0.1, 0.15) is 24.8 Å². The molecule has 1 aliphatic carbocycles. The molecule has 0 radical (unpaired) electrons. The number of methoxy groups -OCH3 is 1. The summed E-state index contributed by atoms with van der Waals surface area (Å²) >= 11 is 3.60. The number of halogens is 1. The summed E-state index contributed by atoms with van der Waals surface area (Å²) in [6.45, 7) is 2.19. The van der Waals surface area contributed by atoms with Gasteiger partial charge in [0.2, 0.25) is 0 Å². The predicted octanol–water partition coefficient (Wildman–Crippen LogP) is 3.69. The van der Waals surface area contributed by atoms with Gasteiger partial charge in [0.15, 0.2) is 0 Å². The van der Waals surface area contributed by atoms with Crippen molar-refractivity contribution >= 4 is 15.9 Å². The van der Waals surface area contributed by atoms with Crippen LogP contribution in [-0.2, 0) is 6.54 Å². The van der Waals surface area contributed by atoms with E-state index in [0.717, 1.165) is 18.2 Å². The van der Waals surface area contributed by atoms with E-state index in [-0.39, 0.29) is 0 Å². The van der Waals surface area contributed by atoms with Gasteiger partial charge in [0, 0.05) is 17.6 Å². The Balaban J connectivity index is 1.96. The van der Waals surface area contributed by atoms with Crippen LogP contribution >= 0.6 is 15.9 Å². The summed E-state index contributed by atoms with van der Waals surface area (Å²) in [6, 6.07) is 6.16. The molecule has 1 aromatic carbocycles. The van der Waals surface area contributed by atoms with Gasteiger partial charge < -0.3 is 9.64 Å². The van der Waals surface area contributed by atoms with E-state index in [0.29, 0.717) is 0 Å². The fraction of sp³-hybridized carbons (Fsp3) is 0.571.